The molecule has 0 bridgehead atoms. The summed E-state index contributed by atoms with van der Waals surface area (Å²) in [6.45, 7) is 6.75. The van der Waals surface area contributed by atoms with Gasteiger partial charge in [0.25, 0.3) is 0 Å². The lowest BCUT2D eigenvalue weighted by Gasteiger charge is -2.14. The van der Waals surface area contributed by atoms with E-state index in [4.69, 9.17) is 0 Å². The first kappa shape index (κ1) is 21.6. The van der Waals surface area contributed by atoms with Gasteiger partial charge in [-0.05, 0) is 68.2 Å². The highest BCUT2D eigenvalue weighted by Crippen LogP contribution is 2.14. The topological polar surface area (TPSA) is 89.0 Å². The molecule has 0 spiro atoms. The maximum Gasteiger partial charge on any atom is 0.243 e. The summed E-state index contributed by atoms with van der Waals surface area (Å²) in [5.41, 5.74) is 3.10. The SMILES string of the molecule is CCNC(=NCc1ccc(CN2CCCC2)cc1)NCC(=O)Nc1ccc(O)cc1. The summed E-state index contributed by atoms with van der Waals surface area (Å²) in [4.78, 5) is 19.2. The van der Waals surface area contributed by atoms with Crippen LogP contribution in [0.5, 0.6) is 5.75 Å². The van der Waals surface area contributed by atoms with Crippen molar-refractivity contribution in [1.29, 1.82) is 0 Å². The van der Waals surface area contributed by atoms with Crippen LogP contribution >= 0.6 is 0 Å². The fourth-order valence-electron chi connectivity index (χ4n) is 3.38. The second kappa shape index (κ2) is 11.2. The molecule has 1 aliphatic rings. The Bertz CT molecular complexity index is 828. The lowest BCUT2D eigenvalue weighted by Crippen LogP contribution is -2.41. The van der Waals surface area contributed by atoms with Crippen molar-refractivity contribution in [2.24, 2.45) is 4.99 Å². The van der Waals surface area contributed by atoms with Gasteiger partial charge in [-0.3, -0.25) is 9.69 Å². The zero-order valence-electron chi connectivity index (χ0n) is 17.5. The van der Waals surface area contributed by atoms with Crippen molar-refractivity contribution in [1.82, 2.24) is 15.5 Å². The molecule has 0 atom stereocenters. The van der Waals surface area contributed by atoms with E-state index in [0.717, 1.165) is 12.1 Å². The summed E-state index contributed by atoms with van der Waals surface area (Å²) >= 11 is 0. The Balaban J connectivity index is 1.48. The number of anilines is 1. The molecule has 1 aliphatic heterocycles. The number of guanidine groups is 1. The smallest absolute Gasteiger partial charge is 0.243 e. The average molecular weight is 410 g/mol. The molecule has 3 rings (SSSR count). The van der Waals surface area contributed by atoms with Gasteiger partial charge in [0, 0.05) is 18.8 Å². The molecule has 1 saturated heterocycles. The Morgan fingerprint density at radius 1 is 1.00 bits per heavy atom. The molecule has 0 aromatic heterocycles. The minimum atomic E-state index is -0.183. The summed E-state index contributed by atoms with van der Waals surface area (Å²) in [6, 6.07) is 15.0. The lowest BCUT2D eigenvalue weighted by atomic mass is 10.1. The van der Waals surface area contributed by atoms with Crippen molar-refractivity contribution in [3.63, 3.8) is 0 Å². The van der Waals surface area contributed by atoms with Gasteiger partial charge in [-0.1, -0.05) is 24.3 Å². The van der Waals surface area contributed by atoms with E-state index >= 15 is 0 Å². The summed E-state index contributed by atoms with van der Waals surface area (Å²) in [6.07, 6.45) is 2.61. The number of likely N-dealkylation sites (tertiary alicyclic amines) is 1. The number of aliphatic imine (C=N–C) groups is 1. The van der Waals surface area contributed by atoms with Gasteiger partial charge in [0.05, 0.1) is 13.1 Å². The molecular weight excluding hydrogens is 378 g/mol. The van der Waals surface area contributed by atoms with E-state index in [1.807, 2.05) is 6.92 Å². The van der Waals surface area contributed by atoms with Gasteiger partial charge in [0.15, 0.2) is 5.96 Å². The zero-order chi connectivity index (χ0) is 21.2. The molecule has 7 nitrogen and oxygen atoms in total. The maximum atomic E-state index is 12.1. The maximum absolute atomic E-state index is 12.1. The van der Waals surface area contributed by atoms with Gasteiger partial charge in [-0.25, -0.2) is 4.99 Å². The number of phenols is 1. The number of benzene rings is 2. The molecule has 1 heterocycles. The number of hydrogen-bond donors (Lipinski definition) is 4. The van der Waals surface area contributed by atoms with Gasteiger partial charge in [-0.15, -0.1) is 0 Å². The van der Waals surface area contributed by atoms with E-state index in [1.54, 1.807) is 12.1 Å². The van der Waals surface area contributed by atoms with Crippen LogP contribution in [0.3, 0.4) is 0 Å². The number of amides is 1. The van der Waals surface area contributed by atoms with Crippen LogP contribution in [-0.4, -0.2) is 48.1 Å². The van der Waals surface area contributed by atoms with Crippen LogP contribution < -0.4 is 16.0 Å². The standard InChI is InChI=1S/C23H31N5O2/c1-2-24-23(26-16-22(30)27-20-9-11-21(29)12-10-20)25-15-18-5-7-19(8-6-18)17-28-13-3-4-14-28/h5-12,29H,2-4,13-17H2,1H3,(H,27,30)(H2,24,25,26). The Morgan fingerprint density at radius 2 is 1.67 bits per heavy atom. The number of nitrogens with zero attached hydrogens (tertiary/aromatic N) is 2. The molecule has 0 saturated carbocycles. The van der Waals surface area contributed by atoms with Gasteiger partial charge in [0.1, 0.15) is 5.75 Å². The number of nitrogens with one attached hydrogen (secondary N) is 3. The molecule has 30 heavy (non-hydrogen) atoms. The molecule has 1 fully saturated rings. The summed E-state index contributed by atoms with van der Waals surface area (Å²) in [5.74, 6) is 0.578. The minimum Gasteiger partial charge on any atom is -0.508 e. The summed E-state index contributed by atoms with van der Waals surface area (Å²) in [7, 11) is 0. The van der Waals surface area contributed by atoms with E-state index in [1.165, 1.54) is 43.6 Å². The molecule has 0 radical (unpaired) electrons. The second-order valence-corrected chi connectivity index (χ2v) is 7.44. The monoisotopic (exact) mass is 409 g/mol. The van der Waals surface area contributed by atoms with Crippen LogP contribution in [0.1, 0.15) is 30.9 Å². The molecule has 4 N–H and O–H groups in total. The number of aromatic hydroxyl groups is 1. The molecule has 2 aromatic rings. The molecule has 7 heteroatoms. The van der Waals surface area contributed by atoms with Crippen LogP contribution in [-0.2, 0) is 17.9 Å². The zero-order valence-corrected chi connectivity index (χ0v) is 17.5. The van der Waals surface area contributed by atoms with E-state index in [2.05, 4.69) is 50.1 Å². The first-order chi connectivity index (χ1) is 14.6. The normalized spacial score (nSPS) is 14.5. The van der Waals surface area contributed by atoms with E-state index in [9.17, 15) is 9.90 Å². The molecule has 0 unspecified atom stereocenters. The van der Waals surface area contributed by atoms with Gasteiger partial charge in [0.2, 0.25) is 5.91 Å². The third-order valence-corrected chi connectivity index (χ3v) is 4.96. The summed E-state index contributed by atoms with van der Waals surface area (Å²) < 4.78 is 0. The van der Waals surface area contributed by atoms with Gasteiger partial charge >= 0.3 is 0 Å². The van der Waals surface area contributed by atoms with Crippen molar-refractivity contribution >= 4 is 17.6 Å². The Kier molecular flexibility index (Phi) is 8.09. The second-order valence-electron chi connectivity index (χ2n) is 7.44. The van der Waals surface area contributed by atoms with Crippen molar-refractivity contribution < 1.29 is 9.90 Å². The third-order valence-electron chi connectivity index (χ3n) is 4.96. The number of phenolic OH excluding ortho intramolecular Hbond substituents is 1. The van der Waals surface area contributed by atoms with Crippen LogP contribution in [0.25, 0.3) is 0 Å². The minimum absolute atomic E-state index is 0.0987. The van der Waals surface area contributed by atoms with E-state index in [-0.39, 0.29) is 18.2 Å². The molecule has 160 valence electrons. The number of rotatable bonds is 8. The Labute approximate surface area is 178 Å². The molecule has 2 aromatic carbocycles. The number of hydrogen-bond acceptors (Lipinski definition) is 4. The quantitative estimate of drug-likeness (QED) is 0.306. The van der Waals surface area contributed by atoms with E-state index in [0.29, 0.717) is 24.7 Å². The van der Waals surface area contributed by atoms with E-state index < -0.39 is 0 Å². The van der Waals surface area contributed by atoms with Crippen LogP contribution in [0.15, 0.2) is 53.5 Å². The molecule has 0 aliphatic carbocycles. The first-order valence-electron chi connectivity index (χ1n) is 10.5. The average Bonchev–Trinajstić information content (AvgIpc) is 3.26. The van der Waals surface area contributed by atoms with Crippen molar-refractivity contribution in [2.75, 3.05) is 31.5 Å². The van der Waals surface area contributed by atoms with Crippen LogP contribution in [0.4, 0.5) is 5.69 Å². The number of carbonyl (C=O) groups excluding carboxylic acids is 1. The highest BCUT2D eigenvalue weighted by Gasteiger charge is 2.11. The molecular formula is C23H31N5O2. The predicted octanol–water partition coefficient (Wildman–Crippen LogP) is 2.68. The van der Waals surface area contributed by atoms with Gasteiger partial charge in [-0.2, -0.15) is 0 Å². The highest BCUT2D eigenvalue weighted by atomic mass is 16.3. The largest absolute Gasteiger partial charge is 0.508 e. The van der Waals surface area contributed by atoms with Crippen molar-refractivity contribution in [3.05, 3.63) is 59.7 Å². The van der Waals surface area contributed by atoms with Crippen molar-refractivity contribution in [3.8, 4) is 5.75 Å². The first-order valence-corrected chi connectivity index (χ1v) is 10.5. The van der Waals surface area contributed by atoms with Crippen LogP contribution in [0, 0.1) is 0 Å². The Morgan fingerprint density at radius 3 is 2.33 bits per heavy atom. The highest BCUT2D eigenvalue weighted by molar-refractivity contribution is 5.95. The van der Waals surface area contributed by atoms with Crippen LogP contribution in [0.2, 0.25) is 0 Å². The third kappa shape index (κ3) is 7.08. The predicted molar refractivity (Wildman–Crippen MR) is 121 cm³/mol. The molecule has 1 amide bonds. The number of carbonyl (C=O) groups is 1. The summed E-state index contributed by atoms with van der Waals surface area (Å²) in [5, 5.41) is 18.3. The van der Waals surface area contributed by atoms with Gasteiger partial charge < -0.3 is 21.1 Å². The Hall–Kier alpha value is -3.06. The van der Waals surface area contributed by atoms with Crippen molar-refractivity contribution in [2.45, 2.75) is 32.9 Å². The lowest BCUT2D eigenvalue weighted by molar-refractivity contribution is -0.115. The fourth-order valence-corrected chi connectivity index (χ4v) is 3.38. The fraction of sp³-hybridized carbons (Fsp3) is 0.391.